The second kappa shape index (κ2) is 9.77. The van der Waals surface area contributed by atoms with Crippen LogP contribution in [0.5, 0.6) is 11.5 Å². The number of methoxy groups -OCH3 is 1. The van der Waals surface area contributed by atoms with Crippen molar-refractivity contribution in [3.63, 3.8) is 0 Å². The Morgan fingerprint density at radius 2 is 1.66 bits per heavy atom. The molecule has 0 aromatic heterocycles. The highest BCUT2D eigenvalue weighted by molar-refractivity contribution is 7.89. The summed E-state index contributed by atoms with van der Waals surface area (Å²) in [6, 6.07) is 12.0. The molecule has 0 bridgehead atoms. The highest BCUT2D eigenvalue weighted by atomic mass is 32.2. The zero-order valence-corrected chi connectivity index (χ0v) is 19.5. The van der Waals surface area contributed by atoms with Crippen molar-refractivity contribution >= 4 is 10.0 Å². The van der Waals surface area contributed by atoms with Crippen molar-refractivity contribution in [1.29, 1.82) is 0 Å². The minimum absolute atomic E-state index is 0.0154. The van der Waals surface area contributed by atoms with Crippen molar-refractivity contribution in [3.8, 4) is 11.5 Å². The summed E-state index contributed by atoms with van der Waals surface area (Å²) in [7, 11) is -1.94. The Hall–Kier alpha value is -2.16. The van der Waals surface area contributed by atoms with E-state index in [1.165, 1.54) is 6.07 Å². The van der Waals surface area contributed by atoms with Gasteiger partial charge in [0.15, 0.2) is 11.6 Å². The third kappa shape index (κ3) is 4.92. The molecule has 0 spiro atoms. The first kappa shape index (κ1) is 23.0. The van der Waals surface area contributed by atoms with Gasteiger partial charge in [-0.3, -0.25) is 0 Å². The van der Waals surface area contributed by atoms with Crippen LogP contribution in [0, 0.1) is 12.7 Å². The van der Waals surface area contributed by atoms with E-state index in [2.05, 4.69) is 4.90 Å². The van der Waals surface area contributed by atoms with E-state index in [1.807, 2.05) is 0 Å². The van der Waals surface area contributed by atoms with Crippen molar-refractivity contribution in [2.75, 3.05) is 33.3 Å². The van der Waals surface area contributed by atoms with Crippen LogP contribution >= 0.6 is 0 Å². The maximum absolute atomic E-state index is 13.8. The SMILES string of the molecule is COc1ccc(S(=O)(=O)N2CCC(N3CCC(Oc4ccccc4F)CC3)CC2)c(C)c1. The minimum atomic E-state index is -3.52. The number of rotatable bonds is 6. The van der Waals surface area contributed by atoms with Gasteiger partial charge in [0, 0.05) is 32.2 Å². The second-order valence-corrected chi connectivity index (χ2v) is 10.5. The van der Waals surface area contributed by atoms with Gasteiger partial charge in [-0.15, -0.1) is 0 Å². The van der Waals surface area contributed by atoms with Crippen molar-refractivity contribution in [2.45, 2.75) is 49.6 Å². The predicted molar refractivity (Wildman–Crippen MR) is 121 cm³/mol. The fourth-order valence-corrected chi connectivity index (χ4v) is 6.38. The number of halogens is 1. The second-order valence-electron chi connectivity index (χ2n) is 8.55. The molecule has 2 heterocycles. The highest BCUT2D eigenvalue weighted by Crippen LogP contribution is 2.29. The molecule has 0 N–H and O–H groups in total. The van der Waals surface area contributed by atoms with Crippen LogP contribution in [0.25, 0.3) is 0 Å². The van der Waals surface area contributed by atoms with Gasteiger partial charge >= 0.3 is 0 Å². The first-order valence-electron chi connectivity index (χ1n) is 11.2. The summed E-state index contributed by atoms with van der Waals surface area (Å²) in [6.07, 6.45) is 3.33. The van der Waals surface area contributed by atoms with Gasteiger partial charge in [0.1, 0.15) is 11.9 Å². The van der Waals surface area contributed by atoms with Crippen LogP contribution in [-0.2, 0) is 10.0 Å². The lowest BCUT2D eigenvalue weighted by Gasteiger charge is -2.41. The Kier molecular flexibility index (Phi) is 7.02. The average Bonchev–Trinajstić information content (AvgIpc) is 2.81. The van der Waals surface area contributed by atoms with Crippen LogP contribution in [0.1, 0.15) is 31.2 Å². The number of piperidine rings is 2. The normalized spacial score (nSPS) is 19.7. The summed E-state index contributed by atoms with van der Waals surface area (Å²) in [5.74, 6) is 0.649. The lowest BCUT2D eigenvalue weighted by atomic mass is 10.00. The molecule has 0 aliphatic carbocycles. The molecule has 8 heteroatoms. The number of hydrogen-bond acceptors (Lipinski definition) is 5. The Balaban J connectivity index is 1.30. The number of sulfonamides is 1. The first-order valence-corrected chi connectivity index (χ1v) is 12.6. The van der Waals surface area contributed by atoms with E-state index >= 15 is 0 Å². The molecule has 4 rings (SSSR count). The summed E-state index contributed by atoms with van der Waals surface area (Å²) >= 11 is 0. The standard InChI is InChI=1S/C24H31FN2O4S/c1-18-17-21(30-2)7-8-24(18)32(28,29)27-15-9-19(10-16-27)26-13-11-20(12-14-26)31-23-6-4-3-5-22(23)25/h3-8,17,19-20H,9-16H2,1-2H3. The summed E-state index contributed by atoms with van der Waals surface area (Å²) in [5.41, 5.74) is 0.698. The van der Waals surface area contributed by atoms with Crippen LogP contribution in [0.4, 0.5) is 4.39 Å². The number of likely N-dealkylation sites (tertiary alicyclic amines) is 1. The molecule has 174 valence electrons. The van der Waals surface area contributed by atoms with Gasteiger partial charge in [0.25, 0.3) is 0 Å². The Morgan fingerprint density at radius 3 is 2.28 bits per heavy atom. The molecular weight excluding hydrogens is 431 g/mol. The summed E-state index contributed by atoms with van der Waals surface area (Å²) < 4.78 is 52.8. The van der Waals surface area contributed by atoms with Gasteiger partial charge < -0.3 is 14.4 Å². The Bertz CT molecular complexity index is 1030. The summed E-state index contributed by atoms with van der Waals surface area (Å²) in [5, 5.41) is 0. The number of benzene rings is 2. The maximum Gasteiger partial charge on any atom is 0.243 e. The van der Waals surface area contributed by atoms with Gasteiger partial charge in [-0.1, -0.05) is 12.1 Å². The average molecular weight is 463 g/mol. The molecule has 0 unspecified atom stereocenters. The van der Waals surface area contributed by atoms with E-state index in [4.69, 9.17) is 9.47 Å². The molecule has 6 nitrogen and oxygen atoms in total. The van der Waals surface area contributed by atoms with E-state index in [9.17, 15) is 12.8 Å². The number of para-hydroxylation sites is 1. The van der Waals surface area contributed by atoms with Gasteiger partial charge in [0.05, 0.1) is 12.0 Å². The van der Waals surface area contributed by atoms with E-state index < -0.39 is 10.0 Å². The molecule has 2 aromatic rings. The molecular formula is C24H31FN2O4S. The lowest BCUT2D eigenvalue weighted by molar-refractivity contribution is 0.0568. The van der Waals surface area contributed by atoms with E-state index in [0.717, 1.165) is 38.8 Å². The fraction of sp³-hybridized carbons (Fsp3) is 0.500. The van der Waals surface area contributed by atoms with Crippen LogP contribution in [0.3, 0.4) is 0 Å². The zero-order valence-electron chi connectivity index (χ0n) is 18.7. The monoisotopic (exact) mass is 462 g/mol. The molecule has 2 aliphatic rings. The maximum atomic E-state index is 13.8. The summed E-state index contributed by atoms with van der Waals surface area (Å²) in [6.45, 7) is 4.60. The van der Waals surface area contributed by atoms with Crippen LogP contribution in [-0.4, -0.2) is 63.1 Å². The summed E-state index contributed by atoms with van der Waals surface area (Å²) in [4.78, 5) is 2.78. The number of hydrogen-bond donors (Lipinski definition) is 0. The zero-order chi connectivity index (χ0) is 22.7. The third-order valence-corrected chi connectivity index (χ3v) is 8.61. The minimum Gasteiger partial charge on any atom is -0.497 e. The first-order chi connectivity index (χ1) is 15.4. The van der Waals surface area contributed by atoms with Gasteiger partial charge in [-0.2, -0.15) is 4.31 Å². The highest BCUT2D eigenvalue weighted by Gasteiger charge is 2.34. The smallest absolute Gasteiger partial charge is 0.243 e. The molecule has 0 atom stereocenters. The number of aryl methyl sites for hydroxylation is 1. The van der Waals surface area contributed by atoms with Crippen molar-refractivity contribution in [2.24, 2.45) is 0 Å². The van der Waals surface area contributed by atoms with E-state index in [0.29, 0.717) is 41.1 Å². The van der Waals surface area contributed by atoms with Crippen LogP contribution in [0.2, 0.25) is 0 Å². The quantitative estimate of drug-likeness (QED) is 0.653. The molecule has 0 radical (unpaired) electrons. The van der Waals surface area contributed by atoms with Crippen LogP contribution in [0.15, 0.2) is 47.4 Å². The topological polar surface area (TPSA) is 59.1 Å². The van der Waals surface area contributed by atoms with Gasteiger partial charge in [0.2, 0.25) is 10.0 Å². The van der Waals surface area contributed by atoms with Crippen molar-refractivity contribution in [1.82, 2.24) is 9.21 Å². The van der Waals surface area contributed by atoms with Crippen molar-refractivity contribution in [3.05, 3.63) is 53.8 Å². The van der Waals surface area contributed by atoms with E-state index in [-0.39, 0.29) is 11.9 Å². The lowest BCUT2D eigenvalue weighted by Crippen LogP contribution is -2.50. The predicted octanol–water partition coefficient (Wildman–Crippen LogP) is 3.84. The number of nitrogens with zero attached hydrogens (tertiary/aromatic N) is 2. The van der Waals surface area contributed by atoms with Crippen LogP contribution < -0.4 is 9.47 Å². The van der Waals surface area contributed by atoms with E-state index in [1.54, 1.807) is 54.7 Å². The molecule has 2 aromatic carbocycles. The molecule has 2 fully saturated rings. The Labute approximate surface area is 190 Å². The van der Waals surface area contributed by atoms with Crippen molar-refractivity contribution < 1.29 is 22.3 Å². The van der Waals surface area contributed by atoms with Gasteiger partial charge in [-0.05, 0) is 68.5 Å². The molecule has 2 saturated heterocycles. The molecule has 2 aliphatic heterocycles. The third-order valence-electron chi connectivity index (χ3n) is 6.55. The largest absolute Gasteiger partial charge is 0.497 e. The molecule has 0 saturated carbocycles. The number of ether oxygens (including phenoxy) is 2. The Morgan fingerprint density at radius 1 is 0.969 bits per heavy atom. The van der Waals surface area contributed by atoms with Gasteiger partial charge in [-0.25, -0.2) is 12.8 Å². The molecule has 32 heavy (non-hydrogen) atoms. The molecule has 0 amide bonds. The fourth-order valence-electron chi connectivity index (χ4n) is 4.70.